The minimum atomic E-state index is -0.953. The number of aromatic nitrogens is 2. The molecule has 2 aromatic heterocycles. The van der Waals surface area contributed by atoms with Gasteiger partial charge in [-0.05, 0) is 24.5 Å². The fraction of sp³-hybridized carbons (Fsp3) is 0.471. The molecule has 0 saturated carbocycles. The molecule has 7 heteroatoms. The van der Waals surface area contributed by atoms with Crippen molar-refractivity contribution in [2.75, 3.05) is 24.5 Å². The standard InChI is InChI=1S/C17H22N4O2S/c1-12(2)14-8-13(9-24-14)15(22)20-10-17(23)4-7-21(11-17)16-18-5-3-6-19-16/h3,5-6,8-9,12,23H,4,7,10-11H2,1-2H3,(H,20,22)/t17-/m1/s1. The molecule has 0 aliphatic carbocycles. The van der Waals surface area contributed by atoms with Crippen molar-refractivity contribution in [3.05, 3.63) is 40.3 Å². The van der Waals surface area contributed by atoms with Crippen molar-refractivity contribution in [3.8, 4) is 0 Å². The lowest BCUT2D eigenvalue weighted by Crippen LogP contribution is -2.45. The predicted molar refractivity (Wildman–Crippen MR) is 94.6 cm³/mol. The molecular weight excluding hydrogens is 324 g/mol. The van der Waals surface area contributed by atoms with Crippen LogP contribution in [-0.4, -0.2) is 46.2 Å². The molecule has 0 radical (unpaired) electrons. The van der Waals surface area contributed by atoms with Crippen LogP contribution in [0.1, 0.15) is 41.4 Å². The van der Waals surface area contributed by atoms with Gasteiger partial charge in [-0.25, -0.2) is 9.97 Å². The Kier molecular flexibility index (Phi) is 4.82. The summed E-state index contributed by atoms with van der Waals surface area (Å²) >= 11 is 1.59. The van der Waals surface area contributed by atoms with E-state index in [0.29, 0.717) is 36.9 Å². The van der Waals surface area contributed by atoms with Crippen LogP contribution in [0.4, 0.5) is 5.95 Å². The van der Waals surface area contributed by atoms with Crippen molar-refractivity contribution in [3.63, 3.8) is 0 Å². The van der Waals surface area contributed by atoms with E-state index in [9.17, 15) is 9.90 Å². The molecule has 6 nitrogen and oxygen atoms in total. The molecule has 1 aliphatic heterocycles. The molecule has 2 aromatic rings. The highest BCUT2D eigenvalue weighted by Gasteiger charge is 2.37. The second kappa shape index (κ2) is 6.86. The van der Waals surface area contributed by atoms with Crippen LogP contribution in [0.5, 0.6) is 0 Å². The number of anilines is 1. The normalized spacial score (nSPS) is 20.6. The number of carbonyl (C=O) groups excluding carboxylic acids is 1. The second-order valence-electron chi connectivity index (χ2n) is 6.52. The summed E-state index contributed by atoms with van der Waals surface area (Å²) < 4.78 is 0. The first-order chi connectivity index (χ1) is 11.5. The van der Waals surface area contributed by atoms with Gasteiger partial charge in [-0.1, -0.05) is 13.8 Å². The summed E-state index contributed by atoms with van der Waals surface area (Å²) in [6.45, 7) is 5.52. The Hall–Kier alpha value is -1.99. The monoisotopic (exact) mass is 346 g/mol. The van der Waals surface area contributed by atoms with Gasteiger partial charge in [-0.15, -0.1) is 11.3 Å². The molecule has 1 amide bonds. The number of carbonyl (C=O) groups is 1. The van der Waals surface area contributed by atoms with Crippen LogP contribution in [0.15, 0.2) is 29.9 Å². The second-order valence-corrected chi connectivity index (χ2v) is 7.46. The third-order valence-electron chi connectivity index (χ3n) is 4.20. The third kappa shape index (κ3) is 3.73. The number of nitrogens with one attached hydrogen (secondary N) is 1. The summed E-state index contributed by atoms with van der Waals surface area (Å²) in [6, 6.07) is 3.69. The Labute approximate surface area is 145 Å². The average Bonchev–Trinajstić information content (AvgIpc) is 3.21. The van der Waals surface area contributed by atoms with Gasteiger partial charge in [-0.2, -0.15) is 0 Å². The van der Waals surface area contributed by atoms with Crippen molar-refractivity contribution < 1.29 is 9.90 Å². The molecule has 2 N–H and O–H groups in total. The summed E-state index contributed by atoms with van der Waals surface area (Å²) in [5.41, 5.74) is -0.292. The number of amides is 1. The molecule has 1 fully saturated rings. The van der Waals surface area contributed by atoms with Crippen LogP contribution in [-0.2, 0) is 0 Å². The van der Waals surface area contributed by atoms with Gasteiger partial charge in [0.2, 0.25) is 5.95 Å². The zero-order chi connectivity index (χ0) is 17.2. The molecule has 3 rings (SSSR count). The number of aliphatic hydroxyl groups is 1. The Balaban J connectivity index is 1.57. The predicted octanol–water partition coefficient (Wildman–Crippen LogP) is 2.03. The lowest BCUT2D eigenvalue weighted by atomic mass is 10.0. The van der Waals surface area contributed by atoms with Crippen LogP contribution in [0.2, 0.25) is 0 Å². The summed E-state index contributed by atoms with van der Waals surface area (Å²) in [5, 5.41) is 15.4. The van der Waals surface area contributed by atoms with E-state index < -0.39 is 5.60 Å². The summed E-state index contributed by atoms with van der Waals surface area (Å²) in [4.78, 5) is 23.8. The van der Waals surface area contributed by atoms with Gasteiger partial charge in [0.1, 0.15) is 5.60 Å². The van der Waals surface area contributed by atoms with Crippen LogP contribution in [0, 0.1) is 0 Å². The van der Waals surface area contributed by atoms with Crippen LogP contribution in [0.3, 0.4) is 0 Å². The van der Waals surface area contributed by atoms with Crippen molar-refractivity contribution in [1.29, 1.82) is 0 Å². The third-order valence-corrected chi connectivity index (χ3v) is 5.43. The van der Waals surface area contributed by atoms with E-state index in [4.69, 9.17) is 0 Å². The van der Waals surface area contributed by atoms with Gasteiger partial charge in [0, 0.05) is 35.7 Å². The van der Waals surface area contributed by atoms with Crippen molar-refractivity contribution in [1.82, 2.24) is 15.3 Å². The number of β-amino-alcohol motifs (C(OH)–C–C–N with tert-alkyl or cyclic N) is 1. The molecule has 1 atom stereocenters. The van der Waals surface area contributed by atoms with E-state index in [1.54, 1.807) is 29.8 Å². The van der Waals surface area contributed by atoms with Gasteiger partial charge in [0.15, 0.2) is 0 Å². The highest BCUT2D eigenvalue weighted by Crippen LogP contribution is 2.25. The first kappa shape index (κ1) is 16.9. The van der Waals surface area contributed by atoms with E-state index in [0.717, 1.165) is 0 Å². The molecule has 128 valence electrons. The highest BCUT2D eigenvalue weighted by molar-refractivity contribution is 7.10. The Morgan fingerprint density at radius 3 is 2.88 bits per heavy atom. The van der Waals surface area contributed by atoms with Crippen molar-refractivity contribution >= 4 is 23.2 Å². The van der Waals surface area contributed by atoms with Gasteiger partial charge in [0.25, 0.3) is 5.91 Å². The number of hydrogen-bond acceptors (Lipinski definition) is 6. The fourth-order valence-electron chi connectivity index (χ4n) is 2.75. The first-order valence-corrected chi connectivity index (χ1v) is 8.96. The number of nitrogens with zero attached hydrogens (tertiary/aromatic N) is 3. The SMILES string of the molecule is CC(C)c1cc(C(=O)NC[C@]2(O)CCN(c3ncccn3)C2)cs1. The Morgan fingerprint density at radius 1 is 1.46 bits per heavy atom. The zero-order valence-electron chi connectivity index (χ0n) is 13.9. The minimum absolute atomic E-state index is 0.138. The van der Waals surface area contributed by atoms with Gasteiger partial charge >= 0.3 is 0 Å². The van der Waals surface area contributed by atoms with Crippen LogP contribution >= 0.6 is 11.3 Å². The molecule has 1 saturated heterocycles. The van der Waals surface area contributed by atoms with Crippen LogP contribution < -0.4 is 10.2 Å². The number of rotatable bonds is 5. The largest absolute Gasteiger partial charge is 0.386 e. The smallest absolute Gasteiger partial charge is 0.252 e. The van der Waals surface area contributed by atoms with Crippen molar-refractivity contribution in [2.24, 2.45) is 0 Å². The highest BCUT2D eigenvalue weighted by atomic mass is 32.1. The molecule has 0 bridgehead atoms. The lowest BCUT2D eigenvalue weighted by Gasteiger charge is -2.23. The van der Waals surface area contributed by atoms with E-state index in [1.807, 2.05) is 16.3 Å². The van der Waals surface area contributed by atoms with Gasteiger partial charge in [0.05, 0.1) is 12.1 Å². The molecule has 0 unspecified atom stereocenters. The first-order valence-electron chi connectivity index (χ1n) is 8.08. The quantitative estimate of drug-likeness (QED) is 0.866. The minimum Gasteiger partial charge on any atom is -0.386 e. The average molecular weight is 346 g/mol. The van der Waals surface area contributed by atoms with E-state index in [-0.39, 0.29) is 12.5 Å². The van der Waals surface area contributed by atoms with Gasteiger partial charge < -0.3 is 15.3 Å². The topological polar surface area (TPSA) is 78.4 Å². The van der Waals surface area contributed by atoms with E-state index in [1.165, 1.54) is 4.88 Å². The summed E-state index contributed by atoms with van der Waals surface area (Å²) in [5.74, 6) is 0.884. The zero-order valence-corrected chi connectivity index (χ0v) is 14.7. The van der Waals surface area contributed by atoms with Gasteiger partial charge in [-0.3, -0.25) is 4.79 Å². The maximum Gasteiger partial charge on any atom is 0.252 e. The Bertz CT molecular complexity index is 704. The number of thiophene rings is 1. The Morgan fingerprint density at radius 2 is 2.21 bits per heavy atom. The van der Waals surface area contributed by atoms with Crippen molar-refractivity contribution in [2.45, 2.75) is 31.8 Å². The maximum absolute atomic E-state index is 12.3. The van der Waals surface area contributed by atoms with E-state index >= 15 is 0 Å². The number of hydrogen-bond donors (Lipinski definition) is 2. The van der Waals surface area contributed by atoms with Crippen LogP contribution in [0.25, 0.3) is 0 Å². The molecule has 0 aromatic carbocycles. The molecule has 1 aliphatic rings. The molecule has 3 heterocycles. The summed E-state index contributed by atoms with van der Waals surface area (Å²) in [7, 11) is 0. The molecule has 24 heavy (non-hydrogen) atoms. The van der Waals surface area contributed by atoms with E-state index in [2.05, 4.69) is 29.1 Å². The fourth-order valence-corrected chi connectivity index (χ4v) is 3.65. The molecular formula is C17H22N4O2S. The molecule has 0 spiro atoms. The lowest BCUT2D eigenvalue weighted by molar-refractivity contribution is 0.0575. The maximum atomic E-state index is 12.3. The summed E-state index contributed by atoms with van der Waals surface area (Å²) in [6.07, 6.45) is 3.95.